The molecule has 0 aliphatic carbocycles. The van der Waals surface area contributed by atoms with Crippen molar-refractivity contribution in [3.8, 4) is 6.07 Å². The van der Waals surface area contributed by atoms with Crippen molar-refractivity contribution < 1.29 is 13.9 Å². The maximum atomic E-state index is 12.7. The maximum absolute atomic E-state index is 12.7. The number of esters is 1. The Morgan fingerprint density at radius 1 is 1.79 bits per heavy atom. The van der Waals surface area contributed by atoms with Crippen LogP contribution in [0.3, 0.4) is 0 Å². The molecule has 0 aliphatic rings. The number of nitriles is 1. The highest BCUT2D eigenvalue weighted by atomic mass is 19.1. The van der Waals surface area contributed by atoms with Crippen molar-refractivity contribution in [3.05, 3.63) is 29.3 Å². The maximum Gasteiger partial charge on any atom is 0.341 e. The first-order chi connectivity index (χ1) is 6.69. The molecule has 0 saturated heterocycles. The van der Waals surface area contributed by atoms with Gasteiger partial charge in [-0.25, -0.2) is 14.2 Å². The summed E-state index contributed by atoms with van der Waals surface area (Å²) in [5.41, 5.74) is -0.279. The quantitative estimate of drug-likeness (QED) is 0.665. The second kappa shape index (κ2) is 4.33. The molecule has 1 aromatic rings. The molecular weight excluding hydrogens is 187 g/mol. The van der Waals surface area contributed by atoms with Crippen LogP contribution < -0.4 is 0 Å². The molecule has 0 saturated carbocycles. The van der Waals surface area contributed by atoms with E-state index in [1.54, 1.807) is 13.0 Å². The number of carbonyl (C=O) groups excluding carboxylic acids is 1. The molecule has 14 heavy (non-hydrogen) atoms. The lowest BCUT2D eigenvalue weighted by atomic mass is 10.2. The van der Waals surface area contributed by atoms with Gasteiger partial charge in [0.05, 0.1) is 18.4 Å². The van der Waals surface area contributed by atoms with Gasteiger partial charge in [-0.2, -0.15) is 5.26 Å². The fourth-order valence-electron chi connectivity index (χ4n) is 0.893. The summed E-state index contributed by atoms with van der Waals surface area (Å²) in [5, 5.41) is 8.58. The first-order valence-corrected chi connectivity index (χ1v) is 3.91. The van der Waals surface area contributed by atoms with Gasteiger partial charge < -0.3 is 4.74 Å². The van der Waals surface area contributed by atoms with Gasteiger partial charge >= 0.3 is 5.97 Å². The molecule has 1 aromatic heterocycles. The molecule has 72 valence electrons. The van der Waals surface area contributed by atoms with Crippen LogP contribution in [0.25, 0.3) is 0 Å². The van der Waals surface area contributed by atoms with E-state index in [1.807, 2.05) is 0 Å². The average molecular weight is 194 g/mol. The smallest absolute Gasteiger partial charge is 0.341 e. The van der Waals surface area contributed by atoms with Crippen molar-refractivity contribution in [2.45, 2.75) is 6.92 Å². The minimum Gasteiger partial charge on any atom is -0.462 e. The topological polar surface area (TPSA) is 63.0 Å². The number of rotatable bonds is 2. The third-order valence-electron chi connectivity index (χ3n) is 1.46. The summed E-state index contributed by atoms with van der Waals surface area (Å²) in [5.74, 6) is -1.41. The zero-order valence-corrected chi connectivity index (χ0v) is 7.45. The Kier molecular flexibility index (Phi) is 3.13. The molecule has 0 spiro atoms. The van der Waals surface area contributed by atoms with Crippen LogP contribution in [0.1, 0.15) is 23.0 Å². The standard InChI is InChI=1S/C9H7FN2O2/c1-2-14-9(13)7-3-6(10)5-12-8(7)4-11/h3,5H,2H2,1H3. The van der Waals surface area contributed by atoms with Crippen molar-refractivity contribution in [2.24, 2.45) is 0 Å². The molecular formula is C9H7FN2O2. The highest BCUT2D eigenvalue weighted by molar-refractivity contribution is 5.91. The number of halogens is 1. The van der Waals surface area contributed by atoms with Gasteiger partial charge in [-0.3, -0.25) is 0 Å². The van der Waals surface area contributed by atoms with Gasteiger partial charge in [-0.05, 0) is 13.0 Å². The molecule has 0 aromatic carbocycles. The summed E-state index contributed by atoms with van der Waals surface area (Å²) in [7, 11) is 0. The Labute approximate surface area is 79.9 Å². The minimum atomic E-state index is -0.740. The molecule has 0 bridgehead atoms. The van der Waals surface area contributed by atoms with E-state index in [2.05, 4.69) is 9.72 Å². The van der Waals surface area contributed by atoms with Crippen LogP contribution >= 0.6 is 0 Å². The normalized spacial score (nSPS) is 9.21. The molecule has 0 amide bonds. The van der Waals surface area contributed by atoms with E-state index in [-0.39, 0.29) is 17.9 Å². The second-order valence-corrected chi connectivity index (χ2v) is 2.38. The predicted molar refractivity (Wildman–Crippen MR) is 44.9 cm³/mol. The first-order valence-electron chi connectivity index (χ1n) is 3.91. The van der Waals surface area contributed by atoms with Gasteiger partial charge in [0, 0.05) is 0 Å². The van der Waals surface area contributed by atoms with Gasteiger partial charge in [0.1, 0.15) is 11.9 Å². The van der Waals surface area contributed by atoms with E-state index >= 15 is 0 Å². The third-order valence-corrected chi connectivity index (χ3v) is 1.46. The number of hydrogen-bond donors (Lipinski definition) is 0. The van der Waals surface area contributed by atoms with Crippen molar-refractivity contribution in [3.63, 3.8) is 0 Å². The summed E-state index contributed by atoms with van der Waals surface area (Å²) in [4.78, 5) is 14.7. The van der Waals surface area contributed by atoms with Crippen LogP contribution in [0.4, 0.5) is 4.39 Å². The lowest BCUT2D eigenvalue weighted by Crippen LogP contribution is -2.08. The van der Waals surface area contributed by atoms with Gasteiger partial charge in [-0.1, -0.05) is 0 Å². The second-order valence-electron chi connectivity index (χ2n) is 2.38. The van der Waals surface area contributed by atoms with E-state index in [0.717, 1.165) is 12.3 Å². The van der Waals surface area contributed by atoms with Crippen LogP contribution in [-0.4, -0.2) is 17.6 Å². The fraction of sp³-hybridized carbons (Fsp3) is 0.222. The number of carbonyl (C=O) groups is 1. The summed E-state index contributed by atoms with van der Waals surface area (Å²) in [6.45, 7) is 1.79. The van der Waals surface area contributed by atoms with E-state index in [4.69, 9.17) is 5.26 Å². The van der Waals surface area contributed by atoms with Crippen molar-refractivity contribution >= 4 is 5.97 Å². The van der Waals surface area contributed by atoms with Gasteiger partial charge in [0.15, 0.2) is 5.69 Å². The van der Waals surface area contributed by atoms with Crippen LogP contribution in [0.2, 0.25) is 0 Å². The van der Waals surface area contributed by atoms with Crippen LogP contribution in [0.15, 0.2) is 12.3 Å². The summed E-state index contributed by atoms with van der Waals surface area (Å²) in [6, 6.07) is 2.62. The van der Waals surface area contributed by atoms with Gasteiger partial charge in [0.25, 0.3) is 0 Å². The monoisotopic (exact) mass is 194 g/mol. The fourth-order valence-corrected chi connectivity index (χ4v) is 0.893. The summed E-state index contributed by atoms with van der Waals surface area (Å²) < 4.78 is 17.3. The van der Waals surface area contributed by atoms with E-state index in [0.29, 0.717) is 0 Å². The Morgan fingerprint density at radius 3 is 3.07 bits per heavy atom. The van der Waals surface area contributed by atoms with Crippen LogP contribution in [-0.2, 0) is 4.74 Å². The first kappa shape index (κ1) is 10.1. The highest BCUT2D eigenvalue weighted by Gasteiger charge is 2.14. The molecule has 0 radical (unpaired) electrons. The molecule has 0 unspecified atom stereocenters. The molecule has 0 fully saturated rings. The Bertz CT molecular complexity index is 398. The molecule has 0 atom stereocenters. The van der Waals surface area contributed by atoms with Crippen molar-refractivity contribution in [1.82, 2.24) is 4.98 Å². The van der Waals surface area contributed by atoms with E-state index in [9.17, 15) is 9.18 Å². The zero-order valence-electron chi connectivity index (χ0n) is 7.45. The van der Waals surface area contributed by atoms with Gasteiger partial charge in [-0.15, -0.1) is 0 Å². The third kappa shape index (κ3) is 2.04. The zero-order chi connectivity index (χ0) is 10.6. The number of ether oxygens (including phenoxy) is 1. The number of nitrogens with zero attached hydrogens (tertiary/aromatic N) is 2. The molecule has 0 N–H and O–H groups in total. The van der Waals surface area contributed by atoms with Crippen LogP contribution in [0, 0.1) is 17.1 Å². The van der Waals surface area contributed by atoms with Crippen molar-refractivity contribution in [1.29, 1.82) is 5.26 Å². The molecule has 1 rings (SSSR count). The lowest BCUT2D eigenvalue weighted by molar-refractivity contribution is 0.0525. The lowest BCUT2D eigenvalue weighted by Gasteiger charge is -2.02. The van der Waals surface area contributed by atoms with Gasteiger partial charge in [0.2, 0.25) is 0 Å². The average Bonchev–Trinajstić information content (AvgIpc) is 2.18. The Balaban J connectivity index is 3.12. The summed E-state index contributed by atoms with van der Waals surface area (Å²) >= 11 is 0. The molecule has 5 heteroatoms. The van der Waals surface area contributed by atoms with E-state index < -0.39 is 11.8 Å². The molecule has 4 nitrogen and oxygen atoms in total. The summed E-state index contributed by atoms with van der Waals surface area (Å²) in [6.07, 6.45) is 0.876. The van der Waals surface area contributed by atoms with Crippen molar-refractivity contribution in [2.75, 3.05) is 6.61 Å². The number of pyridine rings is 1. The minimum absolute atomic E-state index is 0.134. The SMILES string of the molecule is CCOC(=O)c1cc(F)cnc1C#N. The predicted octanol–water partition coefficient (Wildman–Crippen LogP) is 1.27. The van der Waals surface area contributed by atoms with Crippen LogP contribution in [0.5, 0.6) is 0 Å². The Hall–Kier alpha value is -1.96. The number of hydrogen-bond acceptors (Lipinski definition) is 4. The molecule has 1 heterocycles. The number of aromatic nitrogens is 1. The van der Waals surface area contributed by atoms with E-state index in [1.165, 1.54) is 0 Å². The largest absolute Gasteiger partial charge is 0.462 e. The highest BCUT2D eigenvalue weighted by Crippen LogP contribution is 2.08. The Morgan fingerprint density at radius 2 is 2.50 bits per heavy atom. The molecule has 0 aliphatic heterocycles.